The molecule has 7 heavy (non-hydrogen) atoms. The van der Waals surface area contributed by atoms with E-state index < -0.39 is 0 Å². The average molecular weight is 267 g/mol. The van der Waals surface area contributed by atoms with E-state index >= 15 is 0 Å². The number of hydrogen-bond donors (Lipinski definition) is 0. The second-order valence-electron chi connectivity index (χ2n) is 0.204. The zero-order chi connectivity index (χ0) is 4.12. The Bertz CT molecular complexity index is 15.6. The molecule has 5 nitrogen and oxygen atoms in total. The molecule has 0 atom stereocenters. The van der Waals surface area contributed by atoms with Gasteiger partial charge in [-0.15, -0.1) is 0 Å². The first kappa shape index (κ1) is 15.7. The van der Waals surface area contributed by atoms with Crippen molar-refractivity contribution < 1.29 is 45.1 Å². The summed E-state index contributed by atoms with van der Waals surface area (Å²) in [7, 11) is 0. The van der Waals surface area contributed by atoms with Crippen LogP contribution in [0.5, 0.6) is 0 Å². The fourth-order valence-electron chi connectivity index (χ4n) is 0.0113. The molecule has 0 heterocycles. The Morgan fingerprint density at radius 3 is 1.29 bits per heavy atom. The van der Waals surface area contributed by atoms with Gasteiger partial charge >= 0.3 is 43.9 Å². The normalized spacial score (nSPS) is 6.00. The molecule has 0 rings (SSSR count). The molecule has 0 aromatic heterocycles. The molecule has 0 saturated carbocycles. The molecule has 0 aromatic carbocycles. The molecule has 0 saturated heterocycles. The third-order valence-corrected chi connectivity index (χ3v) is 0.0556. The second-order valence-corrected chi connectivity index (χ2v) is 0.204. The van der Waals surface area contributed by atoms with Crippen molar-refractivity contribution in [3.63, 3.8) is 0 Å². The van der Waals surface area contributed by atoms with Crippen LogP contribution in [-0.4, -0.2) is 24.4 Å². The van der Waals surface area contributed by atoms with E-state index in [-0.39, 0.29) is 43.9 Å². The van der Waals surface area contributed by atoms with Gasteiger partial charge in [-0.25, -0.2) is 0 Å². The van der Waals surface area contributed by atoms with Crippen molar-refractivity contribution in [3.05, 3.63) is 0 Å². The largest absolute Gasteiger partial charge is 3.00 e. The van der Waals surface area contributed by atoms with Crippen LogP contribution in [0.3, 0.4) is 0 Å². The van der Waals surface area contributed by atoms with E-state index in [1.165, 1.54) is 0 Å². The van der Waals surface area contributed by atoms with Crippen LogP contribution in [-0.2, 0) is 34.6 Å². The number of hydrogen-bond acceptors (Lipinski definition) is 5. The maximum absolute atomic E-state index is 8.48. The minimum atomic E-state index is 0. The Labute approximate surface area is 69.5 Å². The first-order chi connectivity index (χ1) is 2.41. The van der Waals surface area contributed by atoms with E-state index in [0.717, 1.165) is 0 Å². The van der Waals surface area contributed by atoms with Crippen molar-refractivity contribution in [2.45, 2.75) is 0 Å². The molecule has 34 valence electrons. The SMILES string of the molecule is [O-]OOO[O-].[Sb+3].[Zn+2]. The van der Waals surface area contributed by atoms with Crippen molar-refractivity contribution in [1.82, 2.24) is 0 Å². The van der Waals surface area contributed by atoms with Gasteiger partial charge in [-0.3, -0.25) is 10.1 Å². The zero-order valence-electron chi connectivity index (χ0n) is 3.20. The Balaban J connectivity index is -0.0000000800. The van der Waals surface area contributed by atoms with Gasteiger partial charge in [0.2, 0.25) is 0 Å². The Kier molecular flexibility index (Phi) is 35.2. The van der Waals surface area contributed by atoms with Crippen molar-refractivity contribution in [1.29, 1.82) is 0 Å². The van der Waals surface area contributed by atoms with Gasteiger partial charge < -0.3 is 10.5 Å². The molecule has 0 amide bonds. The monoisotopic (exact) mass is 265 g/mol. The fraction of sp³-hybridized carbons (Fsp3) is 0. The van der Waals surface area contributed by atoms with Crippen LogP contribution >= 0.6 is 0 Å². The summed E-state index contributed by atoms with van der Waals surface area (Å²) < 4.78 is 0. The third kappa shape index (κ3) is 18.9. The third-order valence-electron chi connectivity index (χ3n) is 0.0556. The maximum Gasteiger partial charge on any atom is 3.00 e. The molecule has 0 bridgehead atoms. The molecule has 0 aliphatic rings. The van der Waals surface area contributed by atoms with Crippen molar-refractivity contribution in [3.8, 4) is 0 Å². The fourth-order valence-corrected chi connectivity index (χ4v) is 0.0113. The predicted molar refractivity (Wildman–Crippen MR) is 9.01 cm³/mol. The van der Waals surface area contributed by atoms with Crippen LogP contribution in [0, 0.1) is 0 Å². The quantitative estimate of drug-likeness (QED) is 0.303. The van der Waals surface area contributed by atoms with Gasteiger partial charge in [-0.05, 0) is 0 Å². The summed E-state index contributed by atoms with van der Waals surface area (Å²) in [6, 6.07) is 0. The van der Waals surface area contributed by atoms with E-state index in [1.807, 2.05) is 0 Å². The summed E-state index contributed by atoms with van der Waals surface area (Å²) in [5, 5.41) is 24.5. The van der Waals surface area contributed by atoms with Crippen LogP contribution < -0.4 is 10.5 Å². The Hall–Kier alpha value is 1.24. The topological polar surface area (TPSA) is 73.8 Å². The Morgan fingerprint density at radius 2 is 1.29 bits per heavy atom. The van der Waals surface area contributed by atoms with Gasteiger partial charge in [0.25, 0.3) is 0 Å². The second kappa shape index (κ2) is 15.7. The van der Waals surface area contributed by atoms with Crippen LogP contribution in [0.2, 0.25) is 0 Å². The molecular formula is O5SbZn+3. The summed E-state index contributed by atoms with van der Waals surface area (Å²) in [6.45, 7) is 0. The predicted octanol–water partition coefficient (Wildman–Crippen LogP) is -2.97. The summed E-state index contributed by atoms with van der Waals surface area (Å²) in [5.41, 5.74) is 0. The van der Waals surface area contributed by atoms with Gasteiger partial charge in [0.05, 0.1) is 0 Å². The summed E-state index contributed by atoms with van der Waals surface area (Å²) in [5.74, 6) is 0. The molecule has 0 aliphatic heterocycles. The Morgan fingerprint density at radius 1 is 1.00 bits per heavy atom. The van der Waals surface area contributed by atoms with Gasteiger partial charge in [-0.1, -0.05) is 5.04 Å². The maximum atomic E-state index is 8.48. The first-order valence-electron chi connectivity index (χ1n) is 0.667. The smallest absolute Gasteiger partial charge is 0.690 e. The van der Waals surface area contributed by atoms with Crippen molar-refractivity contribution in [2.75, 3.05) is 0 Å². The van der Waals surface area contributed by atoms with Crippen LogP contribution in [0.1, 0.15) is 0 Å². The van der Waals surface area contributed by atoms with E-state index in [2.05, 4.69) is 15.1 Å². The molecule has 0 aromatic rings. The minimum absolute atomic E-state index is 0. The van der Waals surface area contributed by atoms with E-state index in [4.69, 9.17) is 10.5 Å². The zero-order valence-corrected chi connectivity index (χ0v) is 8.72. The molecule has 0 fully saturated rings. The van der Waals surface area contributed by atoms with Gasteiger partial charge in [0.1, 0.15) is 0 Å². The molecule has 2 radical (unpaired) electrons. The van der Waals surface area contributed by atoms with E-state index in [1.54, 1.807) is 0 Å². The van der Waals surface area contributed by atoms with Gasteiger partial charge in [-0.2, -0.15) is 0 Å². The average Bonchev–Trinajstić information content (AvgIpc) is 1.41. The van der Waals surface area contributed by atoms with Crippen molar-refractivity contribution >= 4 is 24.4 Å². The standard InChI is InChI=1S/H2O5.Sb.Zn/c1-3-5-4-2;;/h1-2H;;/q;+3;+2/p-2. The summed E-state index contributed by atoms with van der Waals surface area (Å²) in [4.78, 5) is 0. The van der Waals surface area contributed by atoms with Crippen LogP contribution in [0.15, 0.2) is 0 Å². The van der Waals surface area contributed by atoms with Gasteiger partial charge in [0, 0.05) is 0 Å². The molecule has 0 aliphatic carbocycles. The van der Waals surface area contributed by atoms with E-state index in [0.29, 0.717) is 0 Å². The minimum Gasteiger partial charge on any atom is -0.690 e. The van der Waals surface area contributed by atoms with Crippen LogP contribution in [0.4, 0.5) is 0 Å². The first-order valence-corrected chi connectivity index (χ1v) is 0.667. The molecule has 0 unspecified atom stereocenters. The molecular weight excluding hydrogens is 267 g/mol. The summed E-state index contributed by atoms with van der Waals surface area (Å²) in [6.07, 6.45) is 0. The number of rotatable bonds is 2. The van der Waals surface area contributed by atoms with E-state index in [9.17, 15) is 0 Å². The van der Waals surface area contributed by atoms with Crippen molar-refractivity contribution in [2.24, 2.45) is 0 Å². The molecule has 7 heteroatoms. The molecule has 0 N–H and O–H groups in total. The summed E-state index contributed by atoms with van der Waals surface area (Å²) >= 11 is 0. The van der Waals surface area contributed by atoms with Crippen LogP contribution in [0.25, 0.3) is 0 Å². The van der Waals surface area contributed by atoms with Gasteiger partial charge in [0.15, 0.2) is 0 Å². The molecule has 0 spiro atoms.